The molecule has 1 aliphatic rings. The maximum atomic E-state index is 3.83. The van der Waals surface area contributed by atoms with Crippen LogP contribution in [0.4, 0.5) is 0 Å². The maximum absolute atomic E-state index is 3.83. The van der Waals surface area contributed by atoms with Crippen molar-refractivity contribution in [3.05, 3.63) is 34.3 Å². The average Bonchev–Trinajstić information content (AvgIpc) is 2.83. The average molecular weight is 360 g/mol. The lowest BCUT2D eigenvalue weighted by atomic mass is 9.98. The lowest BCUT2D eigenvalue weighted by Gasteiger charge is -2.13. The summed E-state index contributed by atoms with van der Waals surface area (Å²) in [5.41, 5.74) is 1.43. The molecule has 1 unspecified atom stereocenters. The first-order valence-electron chi connectivity index (χ1n) is 6.62. The van der Waals surface area contributed by atoms with Crippen LogP contribution in [0.2, 0.25) is 0 Å². The van der Waals surface area contributed by atoms with Gasteiger partial charge < -0.3 is 0 Å². The molecule has 0 amide bonds. The summed E-state index contributed by atoms with van der Waals surface area (Å²) in [6.45, 7) is 0. The Kier molecular flexibility index (Phi) is 5.55. The Labute approximate surface area is 121 Å². The van der Waals surface area contributed by atoms with Gasteiger partial charge >= 0.3 is 0 Å². The monoisotopic (exact) mass is 358 g/mol. The number of benzene rings is 1. The van der Waals surface area contributed by atoms with E-state index in [-0.39, 0.29) is 0 Å². The van der Waals surface area contributed by atoms with Crippen molar-refractivity contribution in [2.75, 3.05) is 0 Å². The quantitative estimate of drug-likeness (QED) is 0.589. The number of alkyl halides is 1. The first-order chi connectivity index (χ1) is 8.24. The summed E-state index contributed by atoms with van der Waals surface area (Å²) in [7, 11) is 0. The van der Waals surface area contributed by atoms with Crippen LogP contribution in [0.3, 0.4) is 0 Å². The van der Waals surface area contributed by atoms with Gasteiger partial charge in [-0.25, -0.2) is 0 Å². The fraction of sp³-hybridized carbons (Fsp3) is 0.600. The molecule has 2 rings (SSSR count). The van der Waals surface area contributed by atoms with E-state index in [0.717, 1.165) is 12.3 Å². The van der Waals surface area contributed by atoms with E-state index < -0.39 is 0 Å². The van der Waals surface area contributed by atoms with Gasteiger partial charge in [0, 0.05) is 9.30 Å². The van der Waals surface area contributed by atoms with E-state index in [2.05, 4.69) is 56.1 Å². The molecule has 0 aliphatic heterocycles. The van der Waals surface area contributed by atoms with Crippen LogP contribution in [0.15, 0.2) is 28.7 Å². The molecule has 1 atom stereocenters. The third kappa shape index (κ3) is 4.75. The van der Waals surface area contributed by atoms with Gasteiger partial charge in [-0.3, -0.25) is 0 Å². The van der Waals surface area contributed by atoms with Gasteiger partial charge in [0.25, 0.3) is 0 Å². The van der Waals surface area contributed by atoms with Crippen molar-refractivity contribution in [2.24, 2.45) is 5.92 Å². The first kappa shape index (κ1) is 13.6. The predicted octanol–water partition coefficient (Wildman–Crippen LogP) is 5.73. The SMILES string of the molecule is Brc1ccc(CC(Br)CCC2CCCC2)cc1. The van der Waals surface area contributed by atoms with Crippen LogP contribution in [0.1, 0.15) is 44.1 Å². The van der Waals surface area contributed by atoms with Crippen LogP contribution in [0.25, 0.3) is 0 Å². The summed E-state index contributed by atoms with van der Waals surface area (Å²) >= 11 is 7.30. The van der Waals surface area contributed by atoms with Crippen molar-refractivity contribution in [1.82, 2.24) is 0 Å². The van der Waals surface area contributed by atoms with Gasteiger partial charge in [0.05, 0.1) is 0 Å². The molecular formula is C15H20Br2. The van der Waals surface area contributed by atoms with Gasteiger partial charge in [0.1, 0.15) is 0 Å². The second-order valence-electron chi connectivity index (χ2n) is 5.16. The van der Waals surface area contributed by atoms with Crippen molar-refractivity contribution in [3.8, 4) is 0 Å². The molecule has 94 valence electrons. The minimum Gasteiger partial charge on any atom is -0.0887 e. The summed E-state index contributed by atoms with van der Waals surface area (Å²) in [6, 6.07) is 8.69. The highest BCUT2D eigenvalue weighted by Gasteiger charge is 2.16. The summed E-state index contributed by atoms with van der Waals surface area (Å²) in [4.78, 5) is 0.643. The van der Waals surface area contributed by atoms with Crippen molar-refractivity contribution >= 4 is 31.9 Å². The zero-order chi connectivity index (χ0) is 12.1. The minimum absolute atomic E-state index is 0.643. The molecule has 0 bridgehead atoms. The molecule has 1 aromatic rings. The number of halogens is 2. The predicted molar refractivity (Wildman–Crippen MR) is 81.8 cm³/mol. The molecule has 1 saturated carbocycles. The van der Waals surface area contributed by atoms with Crippen molar-refractivity contribution in [2.45, 2.75) is 49.8 Å². The van der Waals surface area contributed by atoms with E-state index >= 15 is 0 Å². The van der Waals surface area contributed by atoms with Gasteiger partial charge in [-0.1, -0.05) is 69.7 Å². The molecule has 0 N–H and O–H groups in total. The van der Waals surface area contributed by atoms with E-state index in [0.29, 0.717) is 4.83 Å². The lowest BCUT2D eigenvalue weighted by molar-refractivity contribution is 0.479. The summed E-state index contributed by atoms with van der Waals surface area (Å²) in [5, 5.41) is 0. The molecule has 0 nitrogen and oxygen atoms in total. The topological polar surface area (TPSA) is 0 Å². The molecule has 0 heterocycles. The molecule has 17 heavy (non-hydrogen) atoms. The lowest BCUT2D eigenvalue weighted by Crippen LogP contribution is -2.05. The number of hydrogen-bond acceptors (Lipinski definition) is 0. The van der Waals surface area contributed by atoms with E-state index in [1.165, 1.54) is 48.6 Å². The minimum atomic E-state index is 0.643. The second-order valence-corrected chi connectivity index (χ2v) is 7.37. The Balaban J connectivity index is 1.72. The zero-order valence-corrected chi connectivity index (χ0v) is 13.3. The molecule has 0 radical (unpaired) electrons. The molecule has 1 aromatic carbocycles. The normalized spacial score (nSPS) is 18.5. The van der Waals surface area contributed by atoms with Gasteiger partial charge in [0.15, 0.2) is 0 Å². The third-order valence-corrected chi connectivity index (χ3v) is 5.04. The van der Waals surface area contributed by atoms with E-state index in [1.807, 2.05) is 0 Å². The summed E-state index contributed by atoms with van der Waals surface area (Å²) in [5.74, 6) is 1.01. The van der Waals surface area contributed by atoms with Gasteiger partial charge in [-0.2, -0.15) is 0 Å². The molecule has 2 heteroatoms. The van der Waals surface area contributed by atoms with E-state index in [1.54, 1.807) is 0 Å². The Morgan fingerprint density at radius 1 is 1.12 bits per heavy atom. The van der Waals surface area contributed by atoms with Crippen LogP contribution in [-0.2, 0) is 6.42 Å². The van der Waals surface area contributed by atoms with Gasteiger partial charge in [0.2, 0.25) is 0 Å². The Bertz CT molecular complexity index is 325. The Morgan fingerprint density at radius 2 is 1.76 bits per heavy atom. The largest absolute Gasteiger partial charge is 0.0887 e. The number of hydrogen-bond donors (Lipinski definition) is 0. The van der Waals surface area contributed by atoms with Crippen LogP contribution in [-0.4, -0.2) is 4.83 Å². The highest BCUT2D eigenvalue weighted by molar-refractivity contribution is 9.10. The second kappa shape index (κ2) is 6.94. The third-order valence-electron chi connectivity index (χ3n) is 3.73. The fourth-order valence-electron chi connectivity index (χ4n) is 2.69. The summed E-state index contributed by atoms with van der Waals surface area (Å²) in [6.07, 6.45) is 9.75. The molecule has 1 fully saturated rings. The molecular weight excluding hydrogens is 340 g/mol. The highest BCUT2D eigenvalue weighted by Crippen LogP contribution is 2.30. The number of rotatable bonds is 5. The van der Waals surface area contributed by atoms with Crippen LogP contribution in [0.5, 0.6) is 0 Å². The van der Waals surface area contributed by atoms with Crippen molar-refractivity contribution in [1.29, 1.82) is 0 Å². The van der Waals surface area contributed by atoms with Crippen LogP contribution in [0, 0.1) is 5.92 Å². The Morgan fingerprint density at radius 3 is 2.41 bits per heavy atom. The van der Waals surface area contributed by atoms with E-state index in [9.17, 15) is 0 Å². The van der Waals surface area contributed by atoms with Crippen molar-refractivity contribution in [3.63, 3.8) is 0 Å². The van der Waals surface area contributed by atoms with Crippen LogP contribution >= 0.6 is 31.9 Å². The molecule has 0 spiro atoms. The van der Waals surface area contributed by atoms with Crippen molar-refractivity contribution < 1.29 is 0 Å². The standard InChI is InChI=1S/C15H20Br2/c16-14-8-6-13(7-9-14)11-15(17)10-5-12-3-1-2-4-12/h6-9,12,15H,1-5,10-11H2. The highest BCUT2D eigenvalue weighted by atomic mass is 79.9. The van der Waals surface area contributed by atoms with Gasteiger partial charge in [-0.15, -0.1) is 0 Å². The molecule has 1 aliphatic carbocycles. The van der Waals surface area contributed by atoms with E-state index in [4.69, 9.17) is 0 Å². The zero-order valence-electron chi connectivity index (χ0n) is 10.2. The maximum Gasteiger partial charge on any atom is 0.0186 e. The van der Waals surface area contributed by atoms with Crippen LogP contribution < -0.4 is 0 Å². The first-order valence-corrected chi connectivity index (χ1v) is 8.33. The molecule has 0 aromatic heterocycles. The van der Waals surface area contributed by atoms with Gasteiger partial charge in [-0.05, 0) is 42.9 Å². The fourth-order valence-corrected chi connectivity index (χ4v) is 3.60. The summed E-state index contributed by atoms with van der Waals surface area (Å²) < 4.78 is 1.17. The Hall–Kier alpha value is 0.180. The smallest absolute Gasteiger partial charge is 0.0186 e. The molecule has 0 saturated heterocycles.